The van der Waals surface area contributed by atoms with Crippen LogP contribution in [0.2, 0.25) is 0 Å². The summed E-state index contributed by atoms with van der Waals surface area (Å²) < 4.78 is 11.1. The van der Waals surface area contributed by atoms with Crippen LogP contribution in [0.5, 0.6) is 0 Å². The molecule has 0 saturated carbocycles. The van der Waals surface area contributed by atoms with Gasteiger partial charge in [0.1, 0.15) is 30.4 Å². The van der Waals surface area contributed by atoms with Crippen LogP contribution in [0.1, 0.15) is 34.7 Å². The molecule has 5 rings (SSSR count). The van der Waals surface area contributed by atoms with E-state index >= 15 is 0 Å². The molecule has 2 aromatic carbocycles. The Morgan fingerprint density at radius 1 is 1.13 bits per heavy atom. The second-order valence-corrected chi connectivity index (χ2v) is 7.49. The molecule has 0 bridgehead atoms. The van der Waals surface area contributed by atoms with E-state index in [0.29, 0.717) is 5.56 Å². The van der Waals surface area contributed by atoms with Crippen molar-refractivity contribution >= 4 is 16.9 Å². The van der Waals surface area contributed by atoms with E-state index < -0.39 is 5.91 Å². The van der Waals surface area contributed by atoms with Crippen molar-refractivity contribution in [2.24, 2.45) is 5.73 Å². The summed E-state index contributed by atoms with van der Waals surface area (Å²) in [7, 11) is 0. The minimum Gasteiger partial charge on any atom is -0.466 e. The highest BCUT2D eigenvalue weighted by Crippen LogP contribution is 2.38. The number of rotatable bonds is 5. The first-order valence-corrected chi connectivity index (χ1v) is 10.1. The number of aromatic amines is 1. The second kappa shape index (κ2) is 7.99. The second-order valence-electron chi connectivity index (χ2n) is 7.49. The van der Waals surface area contributed by atoms with Crippen molar-refractivity contribution in [1.82, 2.24) is 9.97 Å². The maximum Gasteiger partial charge on any atom is 0.248 e. The van der Waals surface area contributed by atoms with Crippen molar-refractivity contribution in [3.05, 3.63) is 102 Å². The summed E-state index contributed by atoms with van der Waals surface area (Å²) in [5.41, 5.74) is 10.7. The number of hydrogen-bond donors (Lipinski definition) is 2. The SMILES string of the molecule is NC(=O)c1ccc2nc(-c3ccc(C(C4=CC=CCC4)C4=COC=CO4)cc3)[nH]c2c1. The van der Waals surface area contributed by atoms with Crippen LogP contribution < -0.4 is 5.73 Å². The van der Waals surface area contributed by atoms with E-state index in [1.807, 2.05) is 12.1 Å². The highest BCUT2D eigenvalue weighted by atomic mass is 16.5. The number of primary amides is 1. The van der Waals surface area contributed by atoms with Gasteiger partial charge in [-0.25, -0.2) is 4.98 Å². The maximum absolute atomic E-state index is 11.4. The van der Waals surface area contributed by atoms with Crippen molar-refractivity contribution in [1.29, 1.82) is 0 Å². The zero-order valence-corrected chi connectivity index (χ0v) is 16.7. The van der Waals surface area contributed by atoms with Crippen LogP contribution in [-0.2, 0) is 9.47 Å². The largest absolute Gasteiger partial charge is 0.466 e. The number of carbonyl (C=O) groups excluding carboxylic acids is 1. The van der Waals surface area contributed by atoms with E-state index in [2.05, 4.69) is 40.3 Å². The van der Waals surface area contributed by atoms with Crippen molar-refractivity contribution < 1.29 is 14.3 Å². The lowest BCUT2D eigenvalue weighted by Crippen LogP contribution is -2.10. The molecular weight excluding hydrogens is 390 g/mol. The van der Waals surface area contributed by atoms with Crippen molar-refractivity contribution in [3.63, 3.8) is 0 Å². The van der Waals surface area contributed by atoms with Crippen molar-refractivity contribution in [2.75, 3.05) is 0 Å². The van der Waals surface area contributed by atoms with Crippen LogP contribution >= 0.6 is 0 Å². The predicted molar refractivity (Wildman–Crippen MR) is 119 cm³/mol. The van der Waals surface area contributed by atoms with Gasteiger partial charge in [0.2, 0.25) is 5.91 Å². The number of aromatic nitrogens is 2. The zero-order valence-electron chi connectivity index (χ0n) is 16.7. The van der Waals surface area contributed by atoms with E-state index in [9.17, 15) is 4.79 Å². The molecule has 1 aliphatic heterocycles. The van der Waals surface area contributed by atoms with Crippen LogP contribution in [0.3, 0.4) is 0 Å². The van der Waals surface area contributed by atoms with Crippen LogP contribution in [0.25, 0.3) is 22.4 Å². The zero-order chi connectivity index (χ0) is 21.2. The smallest absolute Gasteiger partial charge is 0.248 e. The number of allylic oxidation sites excluding steroid dienone is 4. The monoisotopic (exact) mass is 411 g/mol. The Morgan fingerprint density at radius 2 is 2.00 bits per heavy atom. The standard InChI is InChI=1S/C25H21N3O3/c26-24(29)19-10-11-20-21(14-19)28-25(27-20)18-8-6-17(7-9-18)23(16-4-2-1-3-5-16)22-15-30-12-13-31-22/h1-2,4,6-15,23H,3,5H2,(H2,26,29)(H,27,28). The fraction of sp³-hybridized carbons (Fsp3) is 0.120. The molecule has 1 amide bonds. The topological polar surface area (TPSA) is 90.2 Å². The number of amides is 1. The number of carbonyl (C=O) groups is 1. The highest BCUT2D eigenvalue weighted by molar-refractivity contribution is 5.96. The summed E-state index contributed by atoms with van der Waals surface area (Å²) in [6.07, 6.45) is 13.1. The molecule has 1 atom stereocenters. The molecule has 2 aliphatic rings. The molecular formula is C25H21N3O3. The van der Waals surface area contributed by atoms with Gasteiger partial charge in [-0.3, -0.25) is 4.79 Å². The molecule has 1 aromatic heterocycles. The molecule has 6 heteroatoms. The third-order valence-electron chi connectivity index (χ3n) is 5.51. The molecule has 0 spiro atoms. The molecule has 1 unspecified atom stereocenters. The molecule has 31 heavy (non-hydrogen) atoms. The van der Waals surface area contributed by atoms with Gasteiger partial charge in [-0.2, -0.15) is 0 Å². The third-order valence-corrected chi connectivity index (χ3v) is 5.51. The summed E-state index contributed by atoms with van der Waals surface area (Å²) >= 11 is 0. The minimum absolute atomic E-state index is 0.0160. The molecule has 154 valence electrons. The number of H-pyrrole nitrogens is 1. The Balaban J connectivity index is 1.48. The number of benzene rings is 2. The predicted octanol–water partition coefficient (Wildman–Crippen LogP) is 5.05. The van der Waals surface area contributed by atoms with Gasteiger partial charge in [-0.1, -0.05) is 48.1 Å². The third kappa shape index (κ3) is 3.75. The molecule has 2 heterocycles. The number of nitrogens with zero attached hydrogens (tertiary/aromatic N) is 1. The summed E-state index contributed by atoms with van der Waals surface area (Å²) in [6, 6.07) is 13.4. The average Bonchev–Trinajstić information content (AvgIpc) is 3.25. The number of imidazole rings is 1. The molecule has 0 fully saturated rings. The Hall–Kier alpha value is -4.06. The Labute approximate surface area is 179 Å². The fourth-order valence-electron chi connectivity index (χ4n) is 3.96. The Morgan fingerprint density at radius 3 is 2.71 bits per heavy atom. The number of ether oxygens (including phenoxy) is 2. The summed E-state index contributed by atoms with van der Waals surface area (Å²) in [5, 5.41) is 0. The Bertz CT molecular complexity index is 1260. The molecule has 3 N–H and O–H groups in total. The quantitative estimate of drug-likeness (QED) is 0.615. The molecule has 6 nitrogen and oxygen atoms in total. The molecule has 0 saturated heterocycles. The number of fused-ring (bicyclic) bond motifs is 1. The van der Waals surface area contributed by atoms with E-state index in [1.54, 1.807) is 30.7 Å². The number of hydrogen-bond acceptors (Lipinski definition) is 4. The van der Waals surface area contributed by atoms with E-state index in [-0.39, 0.29) is 5.92 Å². The van der Waals surface area contributed by atoms with Crippen molar-refractivity contribution in [2.45, 2.75) is 18.8 Å². The van der Waals surface area contributed by atoms with Crippen LogP contribution in [-0.4, -0.2) is 15.9 Å². The molecule has 0 radical (unpaired) electrons. The van der Waals surface area contributed by atoms with E-state index in [0.717, 1.165) is 46.6 Å². The molecule has 1 aliphatic carbocycles. The first-order chi connectivity index (χ1) is 15.2. The fourth-order valence-corrected chi connectivity index (χ4v) is 3.96. The molecule has 3 aromatic rings. The van der Waals surface area contributed by atoms with Gasteiger partial charge in [0, 0.05) is 11.1 Å². The van der Waals surface area contributed by atoms with Gasteiger partial charge in [0.25, 0.3) is 0 Å². The van der Waals surface area contributed by atoms with Gasteiger partial charge < -0.3 is 20.2 Å². The normalized spacial score (nSPS) is 16.3. The van der Waals surface area contributed by atoms with Crippen LogP contribution in [0, 0.1) is 0 Å². The number of nitrogens with two attached hydrogens (primary N) is 1. The Kier molecular flexibility index (Phi) is 4.88. The van der Waals surface area contributed by atoms with E-state index in [1.165, 1.54) is 11.8 Å². The summed E-state index contributed by atoms with van der Waals surface area (Å²) in [4.78, 5) is 19.4. The summed E-state index contributed by atoms with van der Waals surface area (Å²) in [6.45, 7) is 0. The van der Waals surface area contributed by atoms with Gasteiger partial charge in [0.15, 0.2) is 0 Å². The average molecular weight is 411 g/mol. The van der Waals surface area contributed by atoms with Gasteiger partial charge in [-0.15, -0.1) is 0 Å². The lowest BCUT2D eigenvalue weighted by molar-refractivity contribution is 0.100. The number of nitrogens with one attached hydrogen (secondary N) is 1. The lowest BCUT2D eigenvalue weighted by Gasteiger charge is -2.25. The van der Waals surface area contributed by atoms with Gasteiger partial charge in [0.05, 0.1) is 17.0 Å². The lowest BCUT2D eigenvalue weighted by atomic mass is 9.84. The van der Waals surface area contributed by atoms with E-state index in [4.69, 9.17) is 15.2 Å². The van der Waals surface area contributed by atoms with Gasteiger partial charge >= 0.3 is 0 Å². The first-order valence-electron chi connectivity index (χ1n) is 10.1. The maximum atomic E-state index is 11.4. The first kappa shape index (κ1) is 18.9. The van der Waals surface area contributed by atoms with Crippen LogP contribution in [0.4, 0.5) is 0 Å². The summed E-state index contributed by atoms with van der Waals surface area (Å²) in [5.74, 6) is 1.02. The van der Waals surface area contributed by atoms with Gasteiger partial charge in [-0.05, 0) is 36.6 Å². The van der Waals surface area contributed by atoms with Crippen molar-refractivity contribution in [3.8, 4) is 11.4 Å². The highest BCUT2D eigenvalue weighted by Gasteiger charge is 2.24. The minimum atomic E-state index is -0.460. The van der Waals surface area contributed by atoms with Crippen LogP contribution in [0.15, 0.2) is 90.8 Å².